The molecular formula is C8H8F3N3O. The number of rotatable bonds is 2. The van der Waals surface area contributed by atoms with Crippen molar-refractivity contribution in [2.24, 2.45) is 0 Å². The lowest BCUT2D eigenvalue weighted by molar-refractivity contribution is -0.150. The standard InChI is InChI=1S/C8H8F3N3O/c9-8(10,11)3-7(15)14-6-2-1-5(12)4-13-6/h1-2,4H,3,12H2,(H,13,14,15). The highest BCUT2D eigenvalue weighted by molar-refractivity contribution is 5.90. The fourth-order valence-electron chi connectivity index (χ4n) is 0.848. The lowest BCUT2D eigenvalue weighted by Gasteiger charge is -2.06. The van der Waals surface area contributed by atoms with Crippen molar-refractivity contribution in [3.05, 3.63) is 18.3 Å². The topological polar surface area (TPSA) is 68.0 Å². The number of carbonyl (C=O) groups is 1. The monoisotopic (exact) mass is 219 g/mol. The Morgan fingerprint density at radius 2 is 2.13 bits per heavy atom. The number of aromatic nitrogens is 1. The zero-order valence-corrected chi connectivity index (χ0v) is 7.51. The third-order valence-electron chi connectivity index (χ3n) is 1.41. The number of nitrogens with one attached hydrogen (secondary N) is 1. The fourth-order valence-corrected chi connectivity index (χ4v) is 0.848. The summed E-state index contributed by atoms with van der Waals surface area (Å²) >= 11 is 0. The molecule has 0 aliphatic heterocycles. The first-order chi connectivity index (χ1) is 6.87. The number of carbonyl (C=O) groups excluding carboxylic acids is 1. The summed E-state index contributed by atoms with van der Waals surface area (Å²) in [5.74, 6) is -1.11. The van der Waals surface area contributed by atoms with E-state index in [1.54, 1.807) is 0 Å². The van der Waals surface area contributed by atoms with Crippen molar-refractivity contribution in [1.82, 2.24) is 4.98 Å². The van der Waals surface area contributed by atoms with Gasteiger partial charge in [0.05, 0.1) is 11.9 Å². The molecular weight excluding hydrogens is 211 g/mol. The van der Waals surface area contributed by atoms with Crippen LogP contribution in [0.25, 0.3) is 0 Å². The molecule has 1 amide bonds. The van der Waals surface area contributed by atoms with E-state index in [0.29, 0.717) is 5.69 Å². The van der Waals surface area contributed by atoms with Crippen LogP contribution in [0.1, 0.15) is 6.42 Å². The fraction of sp³-hybridized carbons (Fsp3) is 0.250. The predicted octanol–water partition coefficient (Wildman–Crippen LogP) is 1.55. The van der Waals surface area contributed by atoms with Gasteiger partial charge in [0, 0.05) is 0 Å². The maximum Gasteiger partial charge on any atom is 0.397 e. The molecule has 0 saturated carbocycles. The average molecular weight is 219 g/mol. The minimum Gasteiger partial charge on any atom is -0.397 e. The van der Waals surface area contributed by atoms with Crippen LogP contribution in [-0.4, -0.2) is 17.1 Å². The zero-order chi connectivity index (χ0) is 11.5. The Kier molecular flexibility index (Phi) is 3.13. The third-order valence-corrected chi connectivity index (χ3v) is 1.41. The van der Waals surface area contributed by atoms with Crippen molar-refractivity contribution in [2.45, 2.75) is 12.6 Å². The van der Waals surface area contributed by atoms with Gasteiger partial charge < -0.3 is 11.1 Å². The third kappa shape index (κ3) is 4.30. The van der Waals surface area contributed by atoms with Crippen LogP contribution in [0.15, 0.2) is 18.3 Å². The van der Waals surface area contributed by atoms with Crippen LogP contribution >= 0.6 is 0 Å². The molecule has 0 saturated heterocycles. The predicted molar refractivity (Wildman–Crippen MR) is 48.0 cm³/mol. The van der Waals surface area contributed by atoms with Crippen molar-refractivity contribution in [3.8, 4) is 0 Å². The van der Waals surface area contributed by atoms with Gasteiger partial charge in [-0.25, -0.2) is 4.98 Å². The molecule has 4 nitrogen and oxygen atoms in total. The van der Waals surface area contributed by atoms with E-state index >= 15 is 0 Å². The molecule has 0 atom stereocenters. The molecule has 0 spiro atoms. The van der Waals surface area contributed by atoms with E-state index in [9.17, 15) is 18.0 Å². The first-order valence-electron chi connectivity index (χ1n) is 3.95. The van der Waals surface area contributed by atoms with Crippen LogP contribution in [-0.2, 0) is 4.79 Å². The molecule has 1 heterocycles. The molecule has 1 aromatic heterocycles. The smallest absolute Gasteiger partial charge is 0.397 e. The summed E-state index contributed by atoms with van der Waals surface area (Å²) in [5, 5.41) is 2.00. The van der Waals surface area contributed by atoms with Gasteiger partial charge in [-0.1, -0.05) is 0 Å². The van der Waals surface area contributed by atoms with Crippen LogP contribution in [0.2, 0.25) is 0 Å². The van der Waals surface area contributed by atoms with Crippen LogP contribution < -0.4 is 11.1 Å². The molecule has 0 aliphatic rings. The van der Waals surface area contributed by atoms with Gasteiger partial charge in [0.1, 0.15) is 12.2 Å². The second-order valence-electron chi connectivity index (χ2n) is 2.82. The molecule has 0 unspecified atom stereocenters. The number of anilines is 2. The van der Waals surface area contributed by atoms with E-state index in [4.69, 9.17) is 5.73 Å². The van der Waals surface area contributed by atoms with E-state index in [0.717, 1.165) is 0 Å². The van der Waals surface area contributed by atoms with Gasteiger partial charge >= 0.3 is 6.18 Å². The Labute approximate surface area is 83.3 Å². The molecule has 1 aromatic rings. The zero-order valence-electron chi connectivity index (χ0n) is 7.51. The number of hydrogen-bond donors (Lipinski definition) is 2. The average Bonchev–Trinajstić information content (AvgIpc) is 2.05. The normalized spacial score (nSPS) is 11.1. The van der Waals surface area contributed by atoms with Crippen molar-refractivity contribution in [2.75, 3.05) is 11.1 Å². The summed E-state index contributed by atoms with van der Waals surface area (Å²) in [6.45, 7) is 0. The number of pyridine rings is 1. The van der Waals surface area contributed by atoms with E-state index in [1.807, 2.05) is 5.32 Å². The summed E-state index contributed by atoms with van der Waals surface area (Å²) in [6.07, 6.45) is -4.81. The van der Waals surface area contributed by atoms with E-state index < -0.39 is 18.5 Å². The Morgan fingerprint density at radius 3 is 2.60 bits per heavy atom. The molecule has 3 N–H and O–H groups in total. The van der Waals surface area contributed by atoms with Crippen LogP contribution in [0.3, 0.4) is 0 Å². The van der Waals surface area contributed by atoms with Gasteiger partial charge in [-0.05, 0) is 12.1 Å². The Morgan fingerprint density at radius 1 is 1.47 bits per heavy atom. The molecule has 0 aromatic carbocycles. The van der Waals surface area contributed by atoms with E-state index in [-0.39, 0.29) is 5.82 Å². The first kappa shape index (κ1) is 11.3. The highest BCUT2D eigenvalue weighted by atomic mass is 19.4. The second kappa shape index (κ2) is 4.16. The number of nitrogen functional groups attached to an aromatic ring is 1. The number of hydrogen-bond acceptors (Lipinski definition) is 3. The quantitative estimate of drug-likeness (QED) is 0.792. The Hall–Kier alpha value is -1.79. The van der Waals surface area contributed by atoms with Crippen LogP contribution in [0.4, 0.5) is 24.7 Å². The molecule has 0 fully saturated rings. The minimum absolute atomic E-state index is 0.0402. The molecule has 1 rings (SSSR count). The van der Waals surface area contributed by atoms with Gasteiger partial charge in [0.2, 0.25) is 5.91 Å². The van der Waals surface area contributed by atoms with Gasteiger partial charge in [0.15, 0.2) is 0 Å². The molecule has 0 aliphatic carbocycles. The Balaban J connectivity index is 2.55. The molecule has 15 heavy (non-hydrogen) atoms. The molecule has 82 valence electrons. The van der Waals surface area contributed by atoms with Crippen LogP contribution in [0, 0.1) is 0 Å². The lowest BCUT2D eigenvalue weighted by Crippen LogP contribution is -2.21. The van der Waals surface area contributed by atoms with Gasteiger partial charge in [-0.3, -0.25) is 4.79 Å². The first-order valence-corrected chi connectivity index (χ1v) is 3.95. The maximum atomic E-state index is 11.8. The lowest BCUT2D eigenvalue weighted by atomic mass is 10.3. The van der Waals surface area contributed by atoms with Gasteiger partial charge in [0.25, 0.3) is 0 Å². The highest BCUT2D eigenvalue weighted by Gasteiger charge is 2.31. The van der Waals surface area contributed by atoms with Crippen molar-refractivity contribution < 1.29 is 18.0 Å². The summed E-state index contributed by atoms with van der Waals surface area (Å²) in [7, 11) is 0. The molecule has 0 radical (unpaired) electrons. The summed E-state index contributed by atoms with van der Waals surface area (Å²) in [4.78, 5) is 14.4. The molecule has 0 bridgehead atoms. The summed E-state index contributed by atoms with van der Waals surface area (Å²) in [5.41, 5.74) is 5.67. The minimum atomic E-state index is -4.52. The van der Waals surface area contributed by atoms with Gasteiger partial charge in [-0.15, -0.1) is 0 Å². The highest BCUT2D eigenvalue weighted by Crippen LogP contribution is 2.20. The number of alkyl halides is 3. The maximum absolute atomic E-state index is 11.8. The van der Waals surface area contributed by atoms with Gasteiger partial charge in [-0.2, -0.15) is 13.2 Å². The number of amides is 1. The second-order valence-corrected chi connectivity index (χ2v) is 2.82. The van der Waals surface area contributed by atoms with Crippen molar-refractivity contribution in [1.29, 1.82) is 0 Å². The molecule has 7 heteroatoms. The number of nitrogens with two attached hydrogens (primary N) is 1. The van der Waals surface area contributed by atoms with E-state index in [2.05, 4.69) is 4.98 Å². The summed E-state index contributed by atoms with van der Waals surface area (Å²) in [6, 6.07) is 2.75. The Bertz CT molecular complexity index is 347. The van der Waals surface area contributed by atoms with Crippen LogP contribution in [0.5, 0.6) is 0 Å². The van der Waals surface area contributed by atoms with E-state index in [1.165, 1.54) is 18.3 Å². The summed E-state index contributed by atoms with van der Waals surface area (Å²) < 4.78 is 35.3. The number of halogens is 3. The van der Waals surface area contributed by atoms with Crippen molar-refractivity contribution in [3.63, 3.8) is 0 Å². The largest absolute Gasteiger partial charge is 0.397 e. The van der Waals surface area contributed by atoms with Crippen molar-refractivity contribution >= 4 is 17.4 Å². The number of nitrogens with zero attached hydrogens (tertiary/aromatic N) is 1. The SMILES string of the molecule is Nc1ccc(NC(=O)CC(F)(F)F)nc1.